The SMILES string of the molecule is Cn1cc(Cn2cc(CC(=O)O)nn2)nn1. The first-order chi connectivity index (χ1) is 7.63. The molecule has 0 amide bonds. The summed E-state index contributed by atoms with van der Waals surface area (Å²) in [5.41, 5.74) is 1.17. The van der Waals surface area contributed by atoms with E-state index in [9.17, 15) is 4.79 Å². The van der Waals surface area contributed by atoms with Crippen LogP contribution in [0.25, 0.3) is 0 Å². The molecule has 0 fully saturated rings. The largest absolute Gasteiger partial charge is 0.481 e. The normalized spacial score (nSPS) is 10.6. The van der Waals surface area contributed by atoms with Crippen LogP contribution in [0, 0.1) is 0 Å². The zero-order chi connectivity index (χ0) is 11.5. The van der Waals surface area contributed by atoms with Gasteiger partial charge in [0.25, 0.3) is 0 Å². The van der Waals surface area contributed by atoms with E-state index in [0.717, 1.165) is 5.69 Å². The van der Waals surface area contributed by atoms with Crippen LogP contribution in [-0.2, 0) is 24.8 Å². The van der Waals surface area contributed by atoms with Crippen LogP contribution in [0.1, 0.15) is 11.4 Å². The minimum absolute atomic E-state index is 0.125. The van der Waals surface area contributed by atoms with Gasteiger partial charge in [0, 0.05) is 19.4 Å². The highest BCUT2D eigenvalue weighted by atomic mass is 16.4. The van der Waals surface area contributed by atoms with Crippen LogP contribution in [0.5, 0.6) is 0 Å². The molecular formula is C8H10N6O2. The molecule has 2 aromatic rings. The molecule has 0 aliphatic rings. The standard InChI is InChI=1S/C8H10N6O2/c1-13-3-7(10-11-13)5-14-4-6(9-12-14)2-8(15)16/h3-4H,2,5H2,1H3,(H,15,16). The number of aromatic nitrogens is 6. The average molecular weight is 222 g/mol. The summed E-state index contributed by atoms with van der Waals surface area (Å²) in [7, 11) is 1.77. The van der Waals surface area contributed by atoms with Crippen LogP contribution >= 0.6 is 0 Å². The van der Waals surface area contributed by atoms with Gasteiger partial charge in [0.15, 0.2) is 0 Å². The van der Waals surface area contributed by atoms with Gasteiger partial charge >= 0.3 is 5.97 Å². The average Bonchev–Trinajstić information content (AvgIpc) is 2.76. The Labute approximate surface area is 90.5 Å². The Kier molecular flexibility index (Phi) is 2.63. The molecule has 0 saturated heterocycles. The molecule has 0 radical (unpaired) electrons. The predicted molar refractivity (Wildman–Crippen MR) is 51.5 cm³/mol. The molecule has 0 atom stereocenters. The van der Waals surface area contributed by atoms with Crippen molar-refractivity contribution in [3.8, 4) is 0 Å². The monoisotopic (exact) mass is 222 g/mol. The number of nitrogens with zero attached hydrogens (tertiary/aromatic N) is 6. The molecular weight excluding hydrogens is 212 g/mol. The second-order valence-electron chi connectivity index (χ2n) is 3.36. The van der Waals surface area contributed by atoms with Crippen LogP contribution in [0.3, 0.4) is 0 Å². The third kappa shape index (κ3) is 2.41. The Bertz CT molecular complexity index is 502. The second-order valence-corrected chi connectivity index (χ2v) is 3.36. The molecule has 0 bridgehead atoms. The van der Waals surface area contributed by atoms with Gasteiger partial charge in [-0.2, -0.15) is 0 Å². The molecule has 0 spiro atoms. The summed E-state index contributed by atoms with van der Waals surface area (Å²) >= 11 is 0. The zero-order valence-electron chi connectivity index (χ0n) is 8.61. The molecule has 2 aromatic heterocycles. The van der Waals surface area contributed by atoms with E-state index in [-0.39, 0.29) is 6.42 Å². The highest BCUT2D eigenvalue weighted by molar-refractivity contribution is 5.69. The van der Waals surface area contributed by atoms with Crippen molar-refractivity contribution in [1.82, 2.24) is 30.0 Å². The van der Waals surface area contributed by atoms with Crippen molar-refractivity contribution in [3.05, 3.63) is 23.8 Å². The van der Waals surface area contributed by atoms with Gasteiger partial charge in [0.1, 0.15) is 5.69 Å². The number of aliphatic carboxylic acids is 1. The van der Waals surface area contributed by atoms with E-state index in [0.29, 0.717) is 12.2 Å². The summed E-state index contributed by atoms with van der Waals surface area (Å²) in [5.74, 6) is -0.924. The van der Waals surface area contributed by atoms with Crippen LogP contribution in [0.15, 0.2) is 12.4 Å². The van der Waals surface area contributed by atoms with E-state index < -0.39 is 5.97 Å². The summed E-state index contributed by atoms with van der Waals surface area (Å²) in [6, 6.07) is 0. The third-order valence-electron chi connectivity index (χ3n) is 1.89. The maximum atomic E-state index is 10.4. The minimum Gasteiger partial charge on any atom is -0.481 e. The van der Waals surface area contributed by atoms with E-state index in [1.807, 2.05) is 0 Å². The molecule has 0 unspecified atom stereocenters. The van der Waals surface area contributed by atoms with Gasteiger partial charge in [0.2, 0.25) is 0 Å². The fourth-order valence-corrected chi connectivity index (χ4v) is 1.29. The summed E-state index contributed by atoms with van der Waals surface area (Å²) in [4.78, 5) is 10.4. The van der Waals surface area contributed by atoms with Crippen molar-refractivity contribution < 1.29 is 9.90 Å². The van der Waals surface area contributed by atoms with E-state index in [1.54, 1.807) is 24.1 Å². The van der Waals surface area contributed by atoms with Crippen molar-refractivity contribution in [2.24, 2.45) is 7.05 Å². The Morgan fingerprint density at radius 3 is 2.69 bits per heavy atom. The van der Waals surface area contributed by atoms with Crippen molar-refractivity contribution in [3.63, 3.8) is 0 Å². The molecule has 0 aromatic carbocycles. The van der Waals surface area contributed by atoms with E-state index in [4.69, 9.17) is 5.11 Å². The van der Waals surface area contributed by atoms with Crippen molar-refractivity contribution >= 4 is 5.97 Å². The molecule has 16 heavy (non-hydrogen) atoms. The lowest BCUT2D eigenvalue weighted by Gasteiger charge is -1.93. The second kappa shape index (κ2) is 4.09. The van der Waals surface area contributed by atoms with Crippen LogP contribution in [-0.4, -0.2) is 41.1 Å². The molecule has 0 saturated carbocycles. The number of hydrogen-bond acceptors (Lipinski definition) is 5. The Morgan fingerprint density at radius 1 is 1.31 bits per heavy atom. The molecule has 8 heteroatoms. The third-order valence-corrected chi connectivity index (χ3v) is 1.89. The fraction of sp³-hybridized carbons (Fsp3) is 0.375. The minimum atomic E-state index is -0.924. The van der Waals surface area contributed by atoms with Gasteiger partial charge in [-0.25, -0.2) is 4.68 Å². The fourth-order valence-electron chi connectivity index (χ4n) is 1.29. The molecule has 2 heterocycles. The lowest BCUT2D eigenvalue weighted by atomic mass is 10.3. The zero-order valence-corrected chi connectivity index (χ0v) is 8.61. The van der Waals surface area contributed by atoms with Gasteiger partial charge in [-0.15, -0.1) is 10.2 Å². The van der Waals surface area contributed by atoms with E-state index in [1.165, 1.54) is 4.68 Å². The number of hydrogen-bond donors (Lipinski definition) is 1. The Morgan fingerprint density at radius 2 is 2.06 bits per heavy atom. The Hall–Kier alpha value is -2.25. The summed E-state index contributed by atoms with van der Waals surface area (Å²) in [6.45, 7) is 0.431. The maximum absolute atomic E-state index is 10.4. The molecule has 1 N–H and O–H groups in total. The smallest absolute Gasteiger partial charge is 0.309 e. The van der Waals surface area contributed by atoms with Gasteiger partial charge in [-0.1, -0.05) is 10.4 Å². The first kappa shape index (κ1) is 10.3. The van der Waals surface area contributed by atoms with Gasteiger partial charge in [-0.05, 0) is 0 Å². The van der Waals surface area contributed by atoms with Crippen LogP contribution in [0.2, 0.25) is 0 Å². The molecule has 8 nitrogen and oxygen atoms in total. The highest BCUT2D eigenvalue weighted by Crippen LogP contribution is 1.99. The van der Waals surface area contributed by atoms with E-state index >= 15 is 0 Å². The molecule has 84 valence electrons. The topological polar surface area (TPSA) is 98.7 Å². The molecule has 2 rings (SSSR count). The van der Waals surface area contributed by atoms with Crippen molar-refractivity contribution in [1.29, 1.82) is 0 Å². The van der Waals surface area contributed by atoms with Crippen LogP contribution < -0.4 is 0 Å². The highest BCUT2D eigenvalue weighted by Gasteiger charge is 2.06. The first-order valence-corrected chi connectivity index (χ1v) is 4.59. The molecule has 0 aliphatic heterocycles. The van der Waals surface area contributed by atoms with Crippen molar-refractivity contribution in [2.45, 2.75) is 13.0 Å². The number of aryl methyl sites for hydroxylation is 1. The number of carboxylic acid groups (broad SMARTS) is 1. The molecule has 0 aliphatic carbocycles. The lowest BCUT2D eigenvalue weighted by Crippen LogP contribution is -2.01. The van der Waals surface area contributed by atoms with E-state index in [2.05, 4.69) is 20.6 Å². The number of carboxylic acids is 1. The first-order valence-electron chi connectivity index (χ1n) is 4.59. The van der Waals surface area contributed by atoms with Crippen LogP contribution in [0.4, 0.5) is 0 Å². The lowest BCUT2D eigenvalue weighted by molar-refractivity contribution is -0.136. The van der Waals surface area contributed by atoms with Gasteiger partial charge in [0.05, 0.1) is 18.7 Å². The summed E-state index contributed by atoms with van der Waals surface area (Å²) in [6.07, 6.45) is 3.22. The van der Waals surface area contributed by atoms with Gasteiger partial charge in [-0.3, -0.25) is 9.48 Å². The number of carbonyl (C=O) groups is 1. The summed E-state index contributed by atoms with van der Waals surface area (Å²) < 4.78 is 3.12. The maximum Gasteiger partial charge on any atom is 0.309 e. The number of rotatable bonds is 4. The van der Waals surface area contributed by atoms with Gasteiger partial charge < -0.3 is 5.11 Å². The summed E-state index contributed by atoms with van der Waals surface area (Å²) in [5, 5.41) is 23.8. The predicted octanol–water partition coefficient (Wildman–Crippen LogP) is -0.918. The van der Waals surface area contributed by atoms with Crippen molar-refractivity contribution in [2.75, 3.05) is 0 Å². The Balaban J connectivity index is 2.05. The quantitative estimate of drug-likeness (QED) is 0.718.